The van der Waals surface area contributed by atoms with Crippen molar-refractivity contribution >= 4 is 5.91 Å². The number of methoxy groups -OCH3 is 1. The molecule has 0 bridgehead atoms. The number of aryl methyl sites for hydroxylation is 1. The van der Waals surface area contributed by atoms with Crippen molar-refractivity contribution in [2.24, 2.45) is 0 Å². The molecular formula is C16H25NO2. The maximum absolute atomic E-state index is 12.2. The predicted molar refractivity (Wildman–Crippen MR) is 79.1 cm³/mol. The molecule has 0 aliphatic heterocycles. The fourth-order valence-electron chi connectivity index (χ4n) is 2.04. The van der Waals surface area contributed by atoms with Gasteiger partial charge in [-0.2, -0.15) is 0 Å². The lowest BCUT2D eigenvalue weighted by molar-refractivity contribution is 0.0952. The van der Waals surface area contributed by atoms with Crippen LogP contribution in [0.1, 0.15) is 61.0 Å². The number of hydrogen-bond donors (Lipinski definition) is 1. The van der Waals surface area contributed by atoms with Gasteiger partial charge in [-0.15, -0.1) is 0 Å². The molecule has 0 aliphatic carbocycles. The normalized spacial score (nSPS) is 10.6. The lowest BCUT2D eigenvalue weighted by Crippen LogP contribution is -2.25. The highest BCUT2D eigenvalue weighted by Gasteiger charge is 2.15. The van der Waals surface area contributed by atoms with Gasteiger partial charge in [0.25, 0.3) is 5.91 Å². The van der Waals surface area contributed by atoms with Gasteiger partial charge in [0, 0.05) is 12.1 Å². The van der Waals surface area contributed by atoms with Gasteiger partial charge in [0.15, 0.2) is 0 Å². The third-order valence-electron chi connectivity index (χ3n) is 3.26. The molecular weight excluding hydrogens is 238 g/mol. The first kappa shape index (κ1) is 15.5. The number of amides is 1. The fraction of sp³-hybridized carbons (Fsp3) is 0.562. The molecule has 0 heterocycles. The number of hydrogen-bond acceptors (Lipinski definition) is 2. The van der Waals surface area contributed by atoms with Gasteiger partial charge < -0.3 is 10.1 Å². The highest BCUT2D eigenvalue weighted by atomic mass is 16.5. The Morgan fingerprint density at radius 1 is 1.37 bits per heavy atom. The Bertz CT molecular complexity index is 439. The average molecular weight is 263 g/mol. The van der Waals surface area contributed by atoms with Crippen molar-refractivity contribution in [1.82, 2.24) is 5.32 Å². The molecule has 3 nitrogen and oxygen atoms in total. The molecule has 0 spiro atoms. The van der Waals surface area contributed by atoms with Crippen LogP contribution in [0.4, 0.5) is 0 Å². The van der Waals surface area contributed by atoms with E-state index < -0.39 is 0 Å². The highest BCUT2D eigenvalue weighted by molar-refractivity contribution is 5.96. The molecule has 106 valence electrons. The maximum Gasteiger partial charge on any atom is 0.251 e. The monoisotopic (exact) mass is 263 g/mol. The van der Waals surface area contributed by atoms with Crippen molar-refractivity contribution in [2.45, 2.75) is 46.5 Å². The molecule has 0 saturated carbocycles. The summed E-state index contributed by atoms with van der Waals surface area (Å²) in [6, 6.07) is 3.91. The van der Waals surface area contributed by atoms with Crippen molar-refractivity contribution in [3.05, 3.63) is 28.8 Å². The molecule has 1 N–H and O–H groups in total. The van der Waals surface area contributed by atoms with Gasteiger partial charge in [0.2, 0.25) is 0 Å². The Kier molecular flexibility index (Phi) is 5.87. The van der Waals surface area contributed by atoms with E-state index in [4.69, 9.17) is 4.74 Å². The summed E-state index contributed by atoms with van der Waals surface area (Å²) in [4.78, 5) is 12.2. The first-order valence-electron chi connectivity index (χ1n) is 6.98. The van der Waals surface area contributed by atoms with Crippen LogP contribution >= 0.6 is 0 Å². The lowest BCUT2D eigenvalue weighted by atomic mass is 9.96. The number of carbonyl (C=O) groups excluding carboxylic acids is 1. The summed E-state index contributed by atoms with van der Waals surface area (Å²) in [7, 11) is 1.67. The summed E-state index contributed by atoms with van der Waals surface area (Å²) in [6.07, 6.45) is 2.09. The Morgan fingerprint density at radius 2 is 2.05 bits per heavy atom. The zero-order valence-corrected chi connectivity index (χ0v) is 12.7. The van der Waals surface area contributed by atoms with Crippen LogP contribution in [-0.4, -0.2) is 19.6 Å². The summed E-state index contributed by atoms with van der Waals surface area (Å²) < 4.78 is 5.39. The first-order chi connectivity index (χ1) is 9.01. The van der Waals surface area contributed by atoms with E-state index >= 15 is 0 Å². The topological polar surface area (TPSA) is 38.3 Å². The van der Waals surface area contributed by atoms with E-state index in [9.17, 15) is 4.79 Å². The molecule has 0 aliphatic rings. The van der Waals surface area contributed by atoms with Crippen LogP contribution in [0.5, 0.6) is 5.75 Å². The molecule has 1 aromatic rings. The number of benzene rings is 1. The molecule has 0 unspecified atom stereocenters. The van der Waals surface area contributed by atoms with E-state index in [1.54, 1.807) is 7.11 Å². The minimum absolute atomic E-state index is 0.00973. The van der Waals surface area contributed by atoms with Crippen molar-refractivity contribution in [3.8, 4) is 5.75 Å². The number of ether oxygens (including phenoxy) is 1. The van der Waals surface area contributed by atoms with Crippen LogP contribution in [0.3, 0.4) is 0 Å². The molecule has 19 heavy (non-hydrogen) atoms. The van der Waals surface area contributed by atoms with E-state index in [2.05, 4.69) is 26.1 Å². The van der Waals surface area contributed by atoms with Gasteiger partial charge in [-0.25, -0.2) is 0 Å². The Hall–Kier alpha value is -1.51. The van der Waals surface area contributed by atoms with Gasteiger partial charge in [0.05, 0.1) is 7.11 Å². The van der Waals surface area contributed by atoms with Crippen LogP contribution in [0, 0.1) is 6.92 Å². The molecule has 0 fully saturated rings. The predicted octanol–water partition coefficient (Wildman–Crippen LogP) is 3.66. The third kappa shape index (κ3) is 3.98. The van der Waals surface area contributed by atoms with E-state index in [1.807, 2.05) is 19.1 Å². The molecule has 1 rings (SSSR count). The van der Waals surface area contributed by atoms with E-state index in [1.165, 1.54) is 0 Å². The zero-order chi connectivity index (χ0) is 14.4. The lowest BCUT2D eigenvalue weighted by Gasteiger charge is -2.16. The minimum Gasteiger partial charge on any atom is -0.496 e. The van der Waals surface area contributed by atoms with E-state index in [0.717, 1.165) is 41.8 Å². The molecule has 0 saturated heterocycles. The van der Waals surface area contributed by atoms with Crippen LogP contribution in [0.15, 0.2) is 12.1 Å². The summed E-state index contributed by atoms with van der Waals surface area (Å²) >= 11 is 0. The minimum atomic E-state index is 0.00973. The van der Waals surface area contributed by atoms with Crippen molar-refractivity contribution in [2.75, 3.05) is 13.7 Å². The summed E-state index contributed by atoms with van der Waals surface area (Å²) in [5, 5.41) is 2.96. The van der Waals surface area contributed by atoms with Crippen molar-refractivity contribution in [1.29, 1.82) is 0 Å². The number of carbonyl (C=O) groups is 1. The molecule has 1 aromatic carbocycles. The summed E-state index contributed by atoms with van der Waals surface area (Å²) in [5.74, 6) is 1.20. The Balaban J connectivity index is 3.00. The van der Waals surface area contributed by atoms with Crippen molar-refractivity contribution < 1.29 is 9.53 Å². The molecule has 0 aromatic heterocycles. The molecule has 1 amide bonds. The van der Waals surface area contributed by atoms with Crippen LogP contribution in [0.25, 0.3) is 0 Å². The van der Waals surface area contributed by atoms with Gasteiger partial charge in [-0.05, 0) is 42.5 Å². The fourth-order valence-corrected chi connectivity index (χ4v) is 2.04. The second-order valence-electron chi connectivity index (χ2n) is 5.17. The SMILES string of the molecule is CCCCNC(=O)c1cc(C(C)C)c(OC)cc1C. The summed E-state index contributed by atoms with van der Waals surface area (Å²) in [6.45, 7) is 9.00. The van der Waals surface area contributed by atoms with Gasteiger partial charge in [-0.1, -0.05) is 27.2 Å². The quantitative estimate of drug-likeness (QED) is 0.795. The Labute approximate surface area is 116 Å². The number of rotatable bonds is 6. The largest absolute Gasteiger partial charge is 0.496 e. The van der Waals surface area contributed by atoms with Crippen LogP contribution in [-0.2, 0) is 0 Å². The van der Waals surface area contributed by atoms with Gasteiger partial charge in [0.1, 0.15) is 5.75 Å². The smallest absolute Gasteiger partial charge is 0.251 e. The highest BCUT2D eigenvalue weighted by Crippen LogP contribution is 2.29. The van der Waals surface area contributed by atoms with E-state index in [-0.39, 0.29) is 5.91 Å². The second-order valence-corrected chi connectivity index (χ2v) is 5.17. The standard InChI is InChI=1S/C16H25NO2/c1-6-7-8-17-16(18)14-10-13(11(2)3)15(19-5)9-12(14)4/h9-11H,6-8H2,1-5H3,(H,17,18). The van der Waals surface area contributed by atoms with E-state index in [0.29, 0.717) is 5.92 Å². The van der Waals surface area contributed by atoms with Crippen molar-refractivity contribution in [3.63, 3.8) is 0 Å². The number of nitrogens with one attached hydrogen (secondary N) is 1. The van der Waals surface area contributed by atoms with Gasteiger partial charge >= 0.3 is 0 Å². The maximum atomic E-state index is 12.2. The molecule has 3 heteroatoms. The Morgan fingerprint density at radius 3 is 2.58 bits per heavy atom. The third-order valence-corrected chi connectivity index (χ3v) is 3.26. The second kappa shape index (κ2) is 7.17. The van der Waals surface area contributed by atoms with Crippen LogP contribution < -0.4 is 10.1 Å². The summed E-state index contributed by atoms with van der Waals surface area (Å²) in [5.41, 5.74) is 2.78. The molecule has 0 radical (unpaired) electrons. The first-order valence-corrected chi connectivity index (χ1v) is 6.98. The average Bonchev–Trinajstić information content (AvgIpc) is 2.37. The van der Waals surface area contributed by atoms with Crippen LogP contribution in [0.2, 0.25) is 0 Å². The van der Waals surface area contributed by atoms with Gasteiger partial charge in [-0.3, -0.25) is 4.79 Å². The number of unbranched alkanes of at least 4 members (excludes halogenated alkanes) is 1. The zero-order valence-electron chi connectivity index (χ0n) is 12.7. The molecule has 0 atom stereocenters.